The van der Waals surface area contributed by atoms with Crippen LogP contribution in [-0.4, -0.2) is 25.4 Å². The summed E-state index contributed by atoms with van der Waals surface area (Å²) in [7, 11) is 1.62. The molecule has 4 nitrogen and oxygen atoms in total. The molecule has 2 aromatic carbocycles. The molecule has 0 bridgehead atoms. The Kier molecular flexibility index (Phi) is 5.03. The number of alkyl carbamates (subject to hydrolysis) is 1. The lowest BCUT2D eigenvalue weighted by Crippen LogP contribution is -2.36. The Morgan fingerprint density at radius 2 is 1.82 bits per heavy atom. The molecule has 0 fully saturated rings. The van der Waals surface area contributed by atoms with Crippen LogP contribution < -0.4 is 5.32 Å². The molecular formula is C18H23NO3. The fourth-order valence-corrected chi connectivity index (χ4v) is 2.38. The number of benzene rings is 2. The predicted octanol–water partition coefficient (Wildman–Crippen LogP) is 4.05. The first kappa shape index (κ1) is 16.3. The Balaban J connectivity index is 2.28. The van der Waals surface area contributed by atoms with Crippen LogP contribution in [0.5, 0.6) is 0 Å². The smallest absolute Gasteiger partial charge is 0.408 e. The molecule has 1 amide bonds. The van der Waals surface area contributed by atoms with Crippen LogP contribution in [0.1, 0.15) is 32.4 Å². The van der Waals surface area contributed by atoms with Crippen molar-refractivity contribution in [2.45, 2.75) is 32.4 Å². The molecular weight excluding hydrogens is 278 g/mol. The Morgan fingerprint density at radius 1 is 1.14 bits per heavy atom. The first-order valence-corrected chi connectivity index (χ1v) is 7.37. The zero-order valence-electron chi connectivity index (χ0n) is 13.6. The van der Waals surface area contributed by atoms with Gasteiger partial charge < -0.3 is 14.8 Å². The third kappa shape index (κ3) is 4.21. The fourth-order valence-electron chi connectivity index (χ4n) is 2.38. The van der Waals surface area contributed by atoms with Gasteiger partial charge in [0.1, 0.15) is 5.60 Å². The molecule has 0 aliphatic carbocycles. The Hall–Kier alpha value is -2.07. The van der Waals surface area contributed by atoms with Crippen molar-refractivity contribution in [3.05, 3.63) is 48.0 Å². The van der Waals surface area contributed by atoms with Crippen molar-refractivity contribution < 1.29 is 14.3 Å². The average Bonchev–Trinajstić information content (AvgIpc) is 2.44. The van der Waals surface area contributed by atoms with Crippen molar-refractivity contribution >= 4 is 16.9 Å². The highest BCUT2D eigenvalue weighted by atomic mass is 16.6. The van der Waals surface area contributed by atoms with Crippen molar-refractivity contribution in [3.8, 4) is 0 Å². The number of hydrogen-bond donors (Lipinski definition) is 1. The number of ether oxygens (including phenoxy) is 2. The van der Waals surface area contributed by atoms with Crippen LogP contribution in [0.4, 0.5) is 4.79 Å². The summed E-state index contributed by atoms with van der Waals surface area (Å²) in [6, 6.07) is 13.9. The third-order valence-electron chi connectivity index (χ3n) is 3.22. The van der Waals surface area contributed by atoms with Crippen LogP contribution in [0.25, 0.3) is 10.8 Å². The number of nitrogens with one attached hydrogen (secondary N) is 1. The van der Waals surface area contributed by atoms with Crippen LogP contribution in [0, 0.1) is 0 Å². The lowest BCUT2D eigenvalue weighted by atomic mass is 9.99. The standard InChI is InChI=1S/C18H23NO3/c1-18(2,3)22-17(20)19-16(12-21-4)15-11-7-9-13-8-5-6-10-14(13)15/h5-11,16H,12H2,1-4H3,(H,19,20). The first-order chi connectivity index (χ1) is 10.4. The largest absolute Gasteiger partial charge is 0.444 e. The minimum absolute atomic E-state index is 0.258. The van der Waals surface area contributed by atoms with Crippen LogP contribution >= 0.6 is 0 Å². The molecule has 1 N–H and O–H groups in total. The second-order valence-electron chi connectivity index (χ2n) is 6.22. The molecule has 0 aliphatic heterocycles. The van der Waals surface area contributed by atoms with Gasteiger partial charge in [-0.1, -0.05) is 42.5 Å². The molecule has 118 valence electrons. The van der Waals surface area contributed by atoms with Gasteiger partial charge in [0.15, 0.2) is 0 Å². The van der Waals surface area contributed by atoms with E-state index in [1.54, 1.807) is 7.11 Å². The van der Waals surface area contributed by atoms with Gasteiger partial charge in [-0.05, 0) is 37.1 Å². The molecule has 0 saturated carbocycles. The van der Waals surface area contributed by atoms with Crippen molar-refractivity contribution in [3.63, 3.8) is 0 Å². The highest BCUT2D eigenvalue weighted by Gasteiger charge is 2.21. The number of rotatable bonds is 4. The predicted molar refractivity (Wildman–Crippen MR) is 87.9 cm³/mol. The summed E-state index contributed by atoms with van der Waals surface area (Å²) in [5.41, 5.74) is 0.492. The van der Waals surface area contributed by atoms with E-state index < -0.39 is 11.7 Å². The number of amides is 1. The maximum atomic E-state index is 12.1. The molecule has 0 saturated heterocycles. The lowest BCUT2D eigenvalue weighted by Gasteiger charge is -2.24. The van der Waals surface area contributed by atoms with E-state index in [0.717, 1.165) is 16.3 Å². The van der Waals surface area contributed by atoms with E-state index in [2.05, 4.69) is 17.4 Å². The monoisotopic (exact) mass is 301 g/mol. The van der Waals surface area contributed by atoms with Crippen LogP contribution in [0.15, 0.2) is 42.5 Å². The van der Waals surface area contributed by atoms with Gasteiger partial charge in [-0.2, -0.15) is 0 Å². The molecule has 1 unspecified atom stereocenters. The van der Waals surface area contributed by atoms with Gasteiger partial charge in [-0.3, -0.25) is 0 Å². The number of methoxy groups -OCH3 is 1. The molecule has 0 aromatic heterocycles. The van der Waals surface area contributed by atoms with Crippen molar-refractivity contribution in [1.29, 1.82) is 0 Å². The van der Waals surface area contributed by atoms with Crippen molar-refractivity contribution in [2.75, 3.05) is 13.7 Å². The quantitative estimate of drug-likeness (QED) is 0.926. The van der Waals surface area contributed by atoms with Gasteiger partial charge in [-0.25, -0.2) is 4.79 Å². The summed E-state index contributed by atoms with van der Waals surface area (Å²) in [5.74, 6) is 0. The molecule has 4 heteroatoms. The normalized spacial score (nSPS) is 12.9. The third-order valence-corrected chi connectivity index (χ3v) is 3.22. The summed E-state index contributed by atoms with van der Waals surface area (Å²) in [6.45, 7) is 5.91. The highest BCUT2D eigenvalue weighted by molar-refractivity contribution is 5.86. The Morgan fingerprint density at radius 3 is 2.50 bits per heavy atom. The van der Waals surface area contributed by atoms with Crippen LogP contribution in [0.2, 0.25) is 0 Å². The Labute approximate surface area is 131 Å². The van der Waals surface area contributed by atoms with E-state index in [1.807, 2.05) is 51.1 Å². The van der Waals surface area contributed by atoms with Crippen LogP contribution in [-0.2, 0) is 9.47 Å². The van der Waals surface area contributed by atoms with Gasteiger partial charge >= 0.3 is 6.09 Å². The maximum Gasteiger partial charge on any atom is 0.408 e. The summed E-state index contributed by atoms with van der Waals surface area (Å²) in [6.07, 6.45) is -0.442. The van der Waals surface area contributed by atoms with E-state index in [-0.39, 0.29) is 6.04 Å². The summed E-state index contributed by atoms with van der Waals surface area (Å²) in [5, 5.41) is 5.13. The van der Waals surface area contributed by atoms with Gasteiger partial charge in [-0.15, -0.1) is 0 Å². The van der Waals surface area contributed by atoms with Crippen molar-refractivity contribution in [1.82, 2.24) is 5.32 Å². The van der Waals surface area contributed by atoms with E-state index in [0.29, 0.717) is 6.61 Å². The van der Waals surface area contributed by atoms with E-state index >= 15 is 0 Å². The highest BCUT2D eigenvalue weighted by Crippen LogP contribution is 2.25. The average molecular weight is 301 g/mol. The molecule has 2 aromatic rings. The van der Waals surface area contributed by atoms with Gasteiger partial charge in [0.05, 0.1) is 12.6 Å². The van der Waals surface area contributed by atoms with Crippen molar-refractivity contribution in [2.24, 2.45) is 0 Å². The van der Waals surface area contributed by atoms with Gasteiger partial charge in [0.2, 0.25) is 0 Å². The molecule has 0 radical (unpaired) electrons. The molecule has 2 rings (SSSR count). The minimum atomic E-state index is -0.527. The summed E-state index contributed by atoms with van der Waals surface area (Å²) >= 11 is 0. The number of hydrogen-bond acceptors (Lipinski definition) is 3. The van der Waals surface area contributed by atoms with Gasteiger partial charge in [0, 0.05) is 7.11 Å². The second kappa shape index (κ2) is 6.79. The fraction of sp³-hybridized carbons (Fsp3) is 0.389. The zero-order valence-corrected chi connectivity index (χ0v) is 13.6. The Bertz CT molecular complexity index is 641. The van der Waals surface area contributed by atoms with Crippen LogP contribution in [0.3, 0.4) is 0 Å². The first-order valence-electron chi connectivity index (χ1n) is 7.37. The molecule has 1 atom stereocenters. The zero-order chi connectivity index (χ0) is 16.2. The summed E-state index contributed by atoms with van der Waals surface area (Å²) in [4.78, 5) is 12.1. The van der Waals surface area contributed by atoms with E-state index in [1.165, 1.54) is 0 Å². The van der Waals surface area contributed by atoms with E-state index in [4.69, 9.17) is 9.47 Å². The minimum Gasteiger partial charge on any atom is -0.444 e. The lowest BCUT2D eigenvalue weighted by molar-refractivity contribution is 0.0468. The molecule has 0 aliphatic rings. The topological polar surface area (TPSA) is 47.6 Å². The van der Waals surface area contributed by atoms with Gasteiger partial charge in [0.25, 0.3) is 0 Å². The molecule has 0 heterocycles. The molecule has 0 spiro atoms. The number of carbonyl (C=O) groups is 1. The summed E-state index contributed by atoms with van der Waals surface area (Å²) < 4.78 is 10.6. The van der Waals surface area contributed by atoms with E-state index in [9.17, 15) is 4.79 Å². The number of carbonyl (C=O) groups excluding carboxylic acids is 1. The maximum absolute atomic E-state index is 12.1. The second-order valence-corrected chi connectivity index (χ2v) is 6.22. The SMILES string of the molecule is COCC(NC(=O)OC(C)(C)C)c1cccc2ccccc12. The number of fused-ring (bicyclic) bond motifs is 1. The molecule has 22 heavy (non-hydrogen) atoms.